The summed E-state index contributed by atoms with van der Waals surface area (Å²) in [4.78, 5) is 26.1. The van der Waals surface area contributed by atoms with Gasteiger partial charge in [-0.1, -0.05) is 0 Å². The molecule has 1 N–H and O–H groups in total. The van der Waals surface area contributed by atoms with Crippen molar-refractivity contribution in [3.8, 4) is 0 Å². The number of pyridine rings is 1. The molecule has 1 amide bonds. The van der Waals surface area contributed by atoms with E-state index in [9.17, 15) is 9.59 Å². The molecule has 0 radical (unpaired) electrons. The minimum Gasteiger partial charge on any atom is -0.468 e. The first-order chi connectivity index (χ1) is 7.13. The predicted molar refractivity (Wildman–Crippen MR) is 53.3 cm³/mol. The van der Waals surface area contributed by atoms with Crippen molar-refractivity contribution in [2.45, 2.75) is 6.92 Å². The van der Waals surface area contributed by atoms with Crippen LogP contribution in [0.15, 0.2) is 18.5 Å². The summed E-state index contributed by atoms with van der Waals surface area (Å²) in [6, 6.07) is 1.69. The van der Waals surface area contributed by atoms with Crippen molar-refractivity contribution in [1.29, 1.82) is 0 Å². The van der Waals surface area contributed by atoms with Gasteiger partial charge in [0.05, 0.1) is 12.7 Å². The van der Waals surface area contributed by atoms with Gasteiger partial charge < -0.3 is 10.1 Å². The van der Waals surface area contributed by atoms with Crippen molar-refractivity contribution in [1.82, 2.24) is 10.3 Å². The average Bonchev–Trinajstić information content (AvgIpc) is 2.25. The van der Waals surface area contributed by atoms with E-state index in [1.165, 1.54) is 13.3 Å². The SMILES string of the molecule is COC(=O)CNC(=O)c1cncc(C)c1. The third-order valence-corrected chi connectivity index (χ3v) is 1.76. The number of methoxy groups -OCH3 is 1. The minimum atomic E-state index is -0.482. The summed E-state index contributed by atoms with van der Waals surface area (Å²) in [6.07, 6.45) is 3.09. The molecule has 0 atom stereocenters. The minimum absolute atomic E-state index is 0.136. The lowest BCUT2D eigenvalue weighted by molar-refractivity contribution is -0.139. The van der Waals surface area contributed by atoms with E-state index in [0.29, 0.717) is 5.56 Å². The fourth-order valence-electron chi connectivity index (χ4n) is 1.01. The van der Waals surface area contributed by atoms with Crippen molar-refractivity contribution in [3.05, 3.63) is 29.6 Å². The van der Waals surface area contributed by atoms with Gasteiger partial charge >= 0.3 is 5.97 Å². The van der Waals surface area contributed by atoms with Crippen LogP contribution in [0.5, 0.6) is 0 Å². The Hall–Kier alpha value is -1.91. The fourth-order valence-corrected chi connectivity index (χ4v) is 1.01. The van der Waals surface area contributed by atoms with Crippen LogP contribution >= 0.6 is 0 Å². The molecule has 1 rings (SSSR count). The number of carbonyl (C=O) groups excluding carboxylic acids is 2. The first kappa shape index (κ1) is 11.2. The molecule has 0 aliphatic heterocycles. The van der Waals surface area contributed by atoms with Crippen molar-refractivity contribution in [3.63, 3.8) is 0 Å². The molecule has 0 bridgehead atoms. The molecule has 0 saturated heterocycles. The summed E-state index contributed by atoms with van der Waals surface area (Å²) in [5.41, 5.74) is 1.32. The van der Waals surface area contributed by atoms with Crippen LogP contribution in [0.3, 0.4) is 0 Å². The standard InChI is InChI=1S/C10H12N2O3/c1-7-3-8(5-11-4-7)10(14)12-6-9(13)15-2/h3-5H,6H2,1-2H3,(H,12,14). The molecule has 0 saturated carbocycles. The van der Waals surface area contributed by atoms with E-state index < -0.39 is 5.97 Å². The van der Waals surface area contributed by atoms with Gasteiger partial charge in [0.15, 0.2) is 0 Å². The summed E-state index contributed by atoms with van der Waals surface area (Å²) in [5, 5.41) is 2.42. The molecule has 0 aliphatic carbocycles. The van der Waals surface area contributed by atoms with E-state index in [1.54, 1.807) is 12.3 Å². The Bertz CT molecular complexity index is 377. The lowest BCUT2D eigenvalue weighted by Gasteiger charge is -2.03. The zero-order chi connectivity index (χ0) is 11.3. The smallest absolute Gasteiger partial charge is 0.325 e. The van der Waals surface area contributed by atoms with E-state index in [2.05, 4.69) is 15.0 Å². The Labute approximate surface area is 87.5 Å². The summed E-state index contributed by atoms with van der Waals surface area (Å²) < 4.78 is 4.39. The van der Waals surface area contributed by atoms with Gasteiger partial charge in [0.2, 0.25) is 0 Å². The summed E-state index contributed by atoms with van der Waals surface area (Å²) >= 11 is 0. The number of hydrogen-bond acceptors (Lipinski definition) is 4. The average molecular weight is 208 g/mol. The van der Waals surface area contributed by atoms with Gasteiger partial charge in [0.25, 0.3) is 5.91 Å². The molecule has 5 nitrogen and oxygen atoms in total. The zero-order valence-electron chi connectivity index (χ0n) is 8.61. The highest BCUT2D eigenvalue weighted by Gasteiger charge is 2.07. The van der Waals surface area contributed by atoms with Crippen LogP contribution in [0, 0.1) is 6.92 Å². The van der Waals surface area contributed by atoms with Gasteiger partial charge in [0, 0.05) is 12.4 Å². The second-order valence-corrected chi connectivity index (χ2v) is 3.01. The van der Waals surface area contributed by atoms with Crippen LogP contribution in [-0.2, 0) is 9.53 Å². The van der Waals surface area contributed by atoms with E-state index in [0.717, 1.165) is 5.56 Å². The van der Waals surface area contributed by atoms with Crippen LogP contribution in [0.1, 0.15) is 15.9 Å². The monoisotopic (exact) mass is 208 g/mol. The number of hydrogen-bond donors (Lipinski definition) is 1. The number of amides is 1. The van der Waals surface area contributed by atoms with Gasteiger partial charge in [-0.05, 0) is 18.6 Å². The molecule has 1 aromatic rings. The molecule has 5 heteroatoms. The largest absolute Gasteiger partial charge is 0.468 e. The van der Waals surface area contributed by atoms with Crippen molar-refractivity contribution >= 4 is 11.9 Å². The second kappa shape index (κ2) is 5.09. The zero-order valence-corrected chi connectivity index (χ0v) is 8.61. The number of esters is 1. The Morgan fingerprint density at radius 3 is 2.80 bits per heavy atom. The number of aryl methyl sites for hydroxylation is 1. The maximum Gasteiger partial charge on any atom is 0.325 e. The molecule has 0 spiro atoms. The summed E-state index contributed by atoms with van der Waals surface area (Å²) in [5.74, 6) is -0.819. The van der Waals surface area contributed by atoms with Crippen LogP contribution in [-0.4, -0.2) is 30.5 Å². The normalized spacial score (nSPS) is 9.47. The van der Waals surface area contributed by atoms with Crippen molar-refractivity contribution in [2.24, 2.45) is 0 Å². The third-order valence-electron chi connectivity index (χ3n) is 1.76. The van der Waals surface area contributed by atoms with Gasteiger partial charge in [-0.3, -0.25) is 14.6 Å². The Kier molecular flexibility index (Phi) is 3.79. The van der Waals surface area contributed by atoms with Crippen LogP contribution in [0.2, 0.25) is 0 Å². The van der Waals surface area contributed by atoms with Crippen LogP contribution in [0.25, 0.3) is 0 Å². The number of nitrogens with zero attached hydrogens (tertiary/aromatic N) is 1. The third kappa shape index (κ3) is 3.38. The van der Waals surface area contributed by atoms with Gasteiger partial charge in [-0.2, -0.15) is 0 Å². The van der Waals surface area contributed by atoms with E-state index in [4.69, 9.17) is 0 Å². The summed E-state index contributed by atoms with van der Waals surface area (Å²) in [7, 11) is 1.27. The maximum absolute atomic E-state index is 11.5. The lowest BCUT2D eigenvalue weighted by atomic mass is 10.2. The quantitative estimate of drug-likeness (QED) is 0.725. The first-order valence-corrected chi connectivity index (χ1v) is 4.40. The maximum atomic E-state index is 11.5. The Morgan fingerprint density at radius 1 is 1.47 bits per heavy atom. The molecule has 1 heterocycles. The van der Waals surface area contributed by atoms with Crippen LogP contribution in [0.4, 0.5) is 0 Å². The molecular weight excluding hydrogens is 196 g/mol. The number of ether oxygens (including phenoxy) is 1. The highest BCUT2D eigenvalue weighted by atomic mass is 16.5. The molecule has 0 aromatic carbocycles. The van der Waals surface area contributed by atoms with Gasteiger partial charge in [-0.25, -0.2) is 0 Å². The first-order valence-electron chi connectivity index (χ1n) is 4.40. The number of carbonyl (C=O) groups is 2. The lowest BCUT2D eigenvalue weighted by Crippen LogP contribution is -2.30. The Balaban J connectivity index is 2.58. The fraction of sp³-hybridized carbons (Fsp3) is 0.300. The number of nitrogens with one attached hydrogen (secondary N) is 1. The van der Waals surface area contributed by atoms with Crippen molar-refractivity contribution in [2.75, 3.05) is 13.7 Å². The van der Waals surface area contributed by atoms with Gasteiger partial charge in [0.1, 0.15) is 6.54 Å². The number of aromatic nitrogens is 1. The predicted octanol–water partition coefficient (Wildman–Crippen LogP) is 0.293. The highest BCUT2D eigenvalue weighted by Crippen LogP contribution is 2.00. The molecule has 15 heavy (non-hydrogen) atoms. The van der Waals surface area contributed by atoms with Crippen LogP contribution < -0.4 is 5.32 Å². The topological polar surface area (TPSA) is 68.3 Å². The van der Waals surface area contributed by atoms with E-state index in [-0.39, 0.29) is 12.5 Å². The number of rotatable bonds is 3. The molecule has 0 aliphatic rings. The van der Waals surface area contributed by atoms with Crippen molar-refractivity contribution < 1.29 is 14.3 Å². The second-order valence-electron chi connectivity index (χ2n) is 3.01. The Morgan fingerprint density at radius 2 is 2.20 bits per heavy atom. The molecule has 1 aromatic heterocycles. The molecule has 0 fully saturated rings. The summed E-state index contributed by atoms with van der Waals surface area (Å²) in [6.45, 7) is 1.70. The highest BCUT2D eigenvalue weighted by molar-refractivity contribution is 5.95. The van der Waals surface area contributed by atoms with E-state index in [1.807, 2.05) is 6.92 Å². The van der Waals surface area contributed by atoms with Gasteiger partial charge in [-0.15, -0.1) is 0 Å². The molecule has 0 unspecified atom stereocenters. The van der Waals surface area contributed by atoms with E-state index >= 15 is 0 Å². The molecule has 80 valence electrons. The molecular formula is C10H12N2O3.